The van der Waals surface area contributed by atoms with Crippen LogP contribution >= 0.6 is 0 Å². The summed E-state index contributed by atoms with van der Waals surface area (Å²) in [5.41, 5.74) is 2.20. The second-order valence-electron chi connectivity index (χ2n) is 3.36. The van der Waals surface area contributed by atoms with Crippen molar-refractivity contribution in [3.05, 3.63) is 35.9 Å². The van der Waals surface area contributed by atoms with Gasteiger partial charge in [0.05, 0.1) is 0 Å². The van der Waals surface area contributed by atoms with Gasteiger partial charge >= 0.3 is 5.97 Å². The lowest BCUT2D eigenvalue weighted by molar-refractivity contribution is -0.139. The molecule has 0 radical (unpaired) electrons. The van der Waals surface area contributed by atoms with E-state index in [1.165, 1.54) is 6.92 Å². The van der Waals surface area contributed by atoms with Gasteiger partial charge in [0.1, 0.15) is 6.61 Å². The highest BCUT2D eigenvalue weighted by atomic mass is 16.5. The number of rotatable bonds is 5. The zero-order chi connectivity index (χ0) is 13.8. The number of benzene rings is 1. The van der Waals surface area contributed by atoms with Gasteiger partial charge in [-0.25, -0.2) is 0 Å². The molecule has 0 amide bonds. The second kappa shape index (κ2) is 10.4. The molecule has 1 rings (SSSR count). The van der Waals surface area contributed by atoms with Gasteiger partial charge in [-0.1, -0.05) is 32.1 Å². The van der Waals surface area contributed by atoms with E-state index in [1.54, 1.807) is 0 Å². The van der Waals surface area contributed by atoms with Crippen molar-refractivity contribution in [2.45, 2.75) is 27.7 Å². The number of carbonyl (C=O) groups excluding carboxylic acids is 1. The van der Waals surface area contributed by atoms with Crippen LogP contribution in [0.5, 0.6) is 0 Å². The second-order valence-corrected chi connectivity index (χ2v) is 3.36. The minimum absolute atomic E-state index is 0. The van der Waals surface area contributed by atoms with Crippen molar-refractivity contribution >= 4 is 17.7 Å². The van der Waals surface area contributed by atoms with Crippen LogP contribution in [-0.4, -0.2) is 19.1 Å². The molecule has 0 bridgehead atoms. The smallest absolute Gasteiger partial charge is 0.302 e. The summed E-state index contributed by atoms with van der Waals surface area (Å²) in [4.78, 5) is 10.5. The maximum Gasteiger partial charge on any atom is 0.302 e. The van der Waals surface area contributed by atoms with E-state index >= 15 is 0 Å². The van der Waals surface area contributed by atoms with Crippen LogP contribution in [0.3, 0.4) is 0 Å². The Kier molecular flexibility index (Phi) is 9.37. The normalized spacial score (nSPS) is 9.56. The Morgan fingerprint density at radius 2 is 1.94 bits per heavy atom. The summed E-state index contributed by atoms with van der Waals surface area (Å²) in [6.07, 6.45) is 3.75. The Morgan fingerprint density at radius 3 is 2.44 bits per heavy atom. The van der Waals surface area contributed by atoms with Gasteiger partial charge in [0, 0.05) is 20.6 Å². The molecule has 0 aromatic heterocycles. The van der Waals surface area contributed by atoms with Crippen LogP contribution in [0.15, 0.2) is 30.3 Å². The summed E-state index contributed by atoms with van der Waals surface area (Å²) in [6.45, 7) is 8.71. The van der Waals surface area contributed by atoms with Crippen molar-refractivity contribution in [3.8, 4) is 0 Å². The van der Waals surface area contributed by atoms with E-state index in [1.807, 2.05) is 50.3 Å². The van der Waals surface area contributed by atoms with Crippen LogP contribution in [-0.2, 0) is 9.53 Å². The maximum atomic E-state index is 10.5. The molecule has 0 unspecified atom stereocenters. The van der Waals surface area contributed by atoms with E-state index in [9.17, 15) is 4.79 Å². The molecule has 0 saturated carbocycles. The van der Waals surface area contributed by atoms with Crippen molar-refractivity contribution in [2.75, 3.05) is 18.5 Å². The molecule has 1 N–H and O–H groups in total. The molecule has 0 aliphatic heterocycles. The van der Waals surface area contributed by atoms with Gasteiger partial charge in [-0.15, -0.1) is 0 Å². The third-order valence-electron chi connectivity index (χ3n) is 1.98. The van der Waals surface area contributed by atoms with Gasteiger partial charge < -0.3 is 10.1 Å². The van der Waals surface area contributed by atoms with Crippen molar-refractivity contribution in [2.24, 2.45) is 0 Å². The average Bonchev–Trinajstić information content (AvgIpc) is 2.39. The fourth-order valence-corrected chi connectivity index (χ4v) is 1.27. The number of esters is 1. The molecule has 0 atom stereocenters. The molecule has 0 aliphatic rings. The molecule has 0 heterocycles. The molecule has 1 aromatic rings. The Bertz CT molecular complexity index is 361. The lowest BCUT2D eigenvalue weighted by atomic mass is 10.2. The molecule has 3 heteroatoms. The summed E-state index contributed by atoms with van der Waals surface area (Å²) in [5.74, 6) is -0.257. The monoisotopic (exact) mass is 251 g/mol. The minimum Gasteiger partial charge on any atom is -0.462 e. The van der Waals surface area contributed by atoms with Crippen molar-refractivity contribution in [1.29, 1.82) is 0 Å². The van der Waals surface area contributed by atoms with E-state index < -0.39 is 0 Å². The van der Waals surface area contributed by atoms with Crippen molar-refractivity contribution < 1.29 is 11.0 Å². The van der Waals surface area contributed by atoms with Crippen LogP contribution in [0.2, 0.25) is 0 Å². The van der Waals surface area contributed by atoms with E-state index in [0.717, 1.165) is 17.8 Å². The Hall–Kier alpha value is -1.77. The van der Waals surface area contributed by atoms with Crippen molar-refractivity contribution in [3.63, 3.8) is 0 Å². The molecule has 3 nitrogen and oxygen atoms in total. The number of nitrogens with one attached hydrogen (secondary N) is 1. The Labute approximate surface area is 111 Å². The molecule has 1 aromatic carbocycles. The zero-order valence-corrected chi connectivity index (χ0v) is 11.7. The Balaban J connectivity index is 0. The molecular weight excluding hydrogens is 226 g/mol. The largest absolute Gasteiger partial charge is 0.462 e. The maximum absolute atomic E-state index is 10.5. The predicted molar refractivity (Wildman–Crippen MR) is 79.7 cm³/mol. The van der Waals surface area contributed by atoms with Crippen LogP contribution in [0.1, 0.15) is 34.7 Å². The quantitative estimate of drug-likeness (QED) is 0.805. The summed E-state index contributed by atoms with van der Waals surface area (Å²) in [5, 5.41) is 3.22. The molecule has 0 fully saturated rings. The van der Waals surface area contributed by atoms with Crippen molar-refractivity contribution in [1.82, 2.24) is 0 Å². The summed E-state index contributed by atoms with van der Waals surface area (Å²) >= 11 is 0. The predicted octanol–water partition coefficient (Wildman–Crippen LogP) is 3.97. The van der Waals surface area contributed by atoms with Crippen LogP contribution < -0.4 is 5.32 Å². The van der Waals surface area contributed by atoms with Gasteiger partial charge in [0.15, 0.2) is 0 Å². The topological polar surface area (TPSA) is 38.3 Å². The molecule has 0 aliphatic carbocycles. The van der Waals surface area contributed by atoms with Gasteiger partial charge in [0.2, 0.25) is 0 Å². The van der Waals surface area contributed by atoms with Gasteiger partial charge in [-0.2, -0.15) is 0 Å². The number of carbonyl (C=O) groups is 1. The van der Waals surface area contributed by atoms with Gasteiger partial charge in [0.25, 0.3) is 0 Å². The number of anilines is 1. The van der Waals surface area contributed by atoms with E-state index in [0.29, 0.717) is 6.61 Å². The van der Waals surface area contributed by atoms with E-state index in [4.69, 9.17) is 4.74 Å². The first-order valence-electron chi connectivity index (χ1n) is 6.36. The number of hydrogen-bond acceptors (Lipinski definition) is 3. The fourth-order valence-electron chi connectivity index (χ4n) is 1.27. The Morgan fingerprint density at radius 1 is 1.33 bits per heavy atom. The molecule has 102 valence electrons. The molecule has 0 spiro atoms. The standard InChI is InChI=1S/C13H17NO2.C2H6.H2/c1-3-14-13-8-6-12(7-9-13)5-4-10-16-11(2)15;1-2;/h4-9,14H,3,10H2,1-2H3;1-2H3;1H/b5-4+;;. The van der Waals surface area contributed by atoms with Crippen LogP contribution in [0.4, 0.5) is 5.69 Å². The SMILES string of the molecule is CC.CCNc1ccc(/C=C/COC(C)=O)cc1.[HH]. The first-order chi connectivity index (χ1) is 8.72. The third kappa shape index (κ3) is 7.49. The van der Waals surface area contributed by atoms with Gasteiger partial charge in [-0.3, -0.25) is 4.79 Å². The fraction of sp³-hybridized carbons (Fsp3) is 0.400. The summed E-state index contributed by atoms with van der Waals surface area (Å²) in [6, 6.07) is 8.08. The first kappa shape index (κ1) is 16.2. The first-order valence-corrected chi connectivity index (χ1v) is 6.36. The highest BCUT2D eigenvalue weighted by Crippen LogP contribution is 2.10. The number of ether oxygens (including phenoxy) is 1. The highest BCUT2D eigenvalue weighted by Gasteiger charge is 1.90. The number of hydrogen-bond donors (Lipinski definition) is 1. The zero-order valence-electron chi connectivity index (χ0n) is 11.7. The average molecular weight is 251 g/mol. The van der Waals surface area contributed by atoms with E-state index in [-0.39, 0.29) is 7.40 Å². The highest BCUT2D eigenvalue weighted by molar-refractivity contribution is 5.66. The van der Waals surface area contributed by atoms with Crippen LogP contribution in [0, 0.1) is 0 Å². The minimum atomic E-state index is -0.257. The molecule has 18 heavy (non-hydrogen) atoms. The molecule has 0 saturated heterocycles. The van der Waals surface area contributed by atoms with E-state index in [2.05, 4.69) is 12.2 Å². The van der Waals surface area contributed by atoms with Crippen LogP contribution in [0.25, 0.3) is 6.08 Å². The summed E-state index contributed by atoms with van der Waals surface area (Å²) in [7, 11) is 0. The third-order valence-corrected chi connectivity index (χ3v) is 1.98. The lowest BCUT2D eigenvalue weighted by Gasteiger charge is -2.02. The summed E-state index contributed by atoms with van der Waals surface area (Å²) < 4.78 is 4.79. The molecular formula is C15H25NO2. The van der Waals surface area contributed by atoms with Gasteiger partial charge in [-0.05, 0) is 30.7 Å². The lowest BCUT2D eigenvalue weighted by Crippen LogP contribution is -1.97.